The Morgan fingerprint density at radius 2 is 1.58 bits per heavy atom. The van der Waals surface area contributed by atoms with Crippen molar-refractivity contribution in [3.8, 4) is 0 Å². The maximum Gasteiger partial charge on any atom is 0.257 e. The van der Waals surface area contributed by atoms with Crippen LogP contribution in [0.1, 0.15) is 172 Å². The molecular formula is C50H87N4O3+. The first kappa shape index (κ1) is 53.6. The number of nitrogens with one attached hydrogen (secondary N) is 1. The number of nitrogens with zero attached hydrogens (tertiary/aromatic N) is 3. The Bertz CT molecular complexity index is 1560. The summed E-state index contributed by atoms with van der Waals surface area (Å²) in [7, 11) is 3.56. The van der Waals surface area contributed by atoms with Crippen LogP contribution in [0.3, 0.4) is 0 Å². The number of amides is 1. The molecule has 2 heterocycles. The van der Waals surface area contributed by atoms with Gasteiger partial charge in [0.15, 0.2) is 12.3 Å². The lowest BCUT2D eigenvalue weighted by atomic mass is 9.93. The Balaban J connectivity index is 0.00000128. The summed E-state index contributed by atoms with van der Waals surface area (Å²) >= 11 is 0. The quantitative estimate of drug-likeness (QED) is 0.0815. The zero-order valence-corrected chi connectivity index (χ0v) is 39.4. The van der Waals surface area contributed by atoms with Crippen LogP contribution >= 0.6 is 0 Å². The highest BCUT2D eigenvalue weighted by Gasteiger charge is 2.27. The van der Waals surface area contributed by atoms with Crippen LogP contribution in [-0.4, -0.2) is 57.7 Å². The van der Waals surface area contributed by atoms with E-state index in [9.17, 15) is 9.90 Å². The molecule has 1 fully saturated rings. The van der Waals surface area contributed by atoms with E-state index in [-0.39, 0.29) is 12.5 Å². The fourth-order valence-electron chi connectivity index (χ4n) is 6.32. The van der Waals surface area contributed by atoms with E-state index in [1.165, 1.54) is 77.0 Å². The summed E-state index contributed by atoms with van der Waals surface area (Å²) in [5, 5.41) is 12.5. The number of anilines is 1. The molecule has 1 aliphatic heterocycles. The Kier molecular flexibility index (Phi) is 29.6. The number of unbranched alkanes of at least 4 members (excludes halogenated alkanes) is 3. The van der Waals surface area contributed by atoms with Crippen molar-refractivity contribution in [1.82, 2.24) is 9.55 Å². The molecule has 7 nitrogen and oxygen atoms in total. The third-order valence-electron chi connectivity index (χ3n) is 10.4. The van der Waals surface area contributed by atoms with Gasteiger partial charge in [-0.25, -0.2) is 9.56 Å². The van der Waals surface area contributed by atoms with Gasteiger partial charge in [-0.2, -0.15) is 0 Å². The van der Waals surface area contributed by atoms with Crippen molar-refractivity contribution < 1.29 is 19.2 Å². The lowest BCUT2D eigenvalue weighted by molar-refractivity contribution is -0.531. The summed E-state index contributed by atoms with van der Waals surface area (Å²) in [5.74, 6) is 2.31. The Morgan fingerprint density at radius 3 is 2.07 bits per heavy atom. The van der Waals surface area contributed by atoms with Gasteiger partial charge in [0.05, 0.1) is 30.1 Å². The number of hydrogen-bond acceptors (Lipinski definition) is 4. The number of aliphatic hydroxyl groups excluding tert-OH is 1. The van der Waals surface area contributed by atoms with Gasteiger partial charge in [-0.3, -0.25) is 10.1 Å². The zero-order chi connectivity index (χ0) is 43.3. The second-order valence-electron chi connectivity index (χ2n) is 16.2. The number of aromatic nitrogens is 2. The number of ether oxygens (including phenoxy) is 1. The number of benzene rings is 1. The van der Waals surface area contributed by atoms with Crippen LogP contribution in [0.15, 0.2) is 65.0 Å². The molecule has 0 saturated heterocycles. The van der Waals surface area contributed by atoms with E-state index in [2.05, 4.69) is 96.8 Å². The molecule has 57 heavy (non-hydrogen) atoms. The van der Waals surface area contributed by atoms with E-state index in [1.54, 1.807) is 7.11 Å². The highest BCUT2D eigenvalue weighted by Crippen LogP contribution is 2.27. The fraction of sp³-hybridized carbons (Fsp3) is 0.660. The number of fused-ring (bicyclic) bond motifs is 1. The third kappa shape index (κ3) is 20.7. The smallest absolute Gasteiger partial charge is 0.257 e. The molecule has 2 aliphatic rings. The van der Waals surface area contributed by atoms with Crippen LogP contribution in [0.4, 0.5) is 5.95 Å². The maximum atomic E-state index is 13.7. The lowest BCUT2D eigenvalue weighted by Crippen LogP contribution is -2.30. The number of methoxy groups -OCH3 is 1. The van der Waals surface area contributed by atoms with Gasteiger partial charge in [-0.05, 0) is 61.4 Å². The molecule has 2 N–H and O–H groups in total. The van der Waals surface area contributed by atoms with Crippen molar-refractivity contribution in [2.24, 2.45) is 18.9 Å². The Labute approximate surface area is 350 Å². The summed E-state index contributed by atoms with van der Waals surface area (Å²) < 4.78 is 9.73. The van der Waals surface area contributed by atoms with E-state index in [4.69, 9.17) is 4.74 Å². The number of hydrogen-bond donors (Lipinski definition) is 2. The van der Waals surface area contributed by atoms with Crippen molar-refractivity contribution in [3.05, 3.63) is 70.5 Å². The number of carbonyl (C=O) groups is 1. The van der Waals surface area contributed by atoms with E-state index in [0.717, 1.165) is 58.1 Å². The van der Waals surface area contributed by atoms with Crippen molar-refractivity contribution in [2.75, 3.05) is 32.1 Å². The molecule has 1 aromatic heterocycles. The SMILES string of the molecule is C1CCCC1.C=C(/C=C(\C=C(\C)C(C)CC)C(=O)Nc1nc2ccc(C)cc2n1C)C1=C(OC)CC[N+](CCO)=C1C.CCC.CCCC.CCCCCC(C)C. The highest BCUT2D eigenvalue weighted by atomic mass is 16.5. The summed E-state index contributed by atoms with van der Waals surface area (Å²) in [6.45, 7) is 31.5. The first-order valence-corrected chi connectivity index (χ1v) is 22.5. The molecule has 324 valence electrons. The molecule has 0 spiro atoms. The van der Waals surface area contributed by atoms with E-state index in [0.29, 0.717) is 36.0 Å². The minimum Gasteiger partial charge on any atom is -0.500 e. The molecule has 1 aliphatic carbocycles. The Hall–Kier alpha value is -3.45. The van der Waals surface area contributed by atoms with Gasteiger partial charge in [-0.1, -0.05) is 164 Å². The molecule has 1 atom stereocenters. The van der Waals surface area contributed by atoms with Crippen molar-refractivity contribution in [2.45, 2.75) is 173 Å². The van der Waals surface area contributed by atoms with Gasteiger partial charge < -0.3 is 14.4 Å². The summed E-state index contributed by atoms with van der Waals surface area (Å²) in [6, 6.07) is 6.03. The highest BCUT2D eigenvalue weighted by molar-refractivity contribution is 6.07. The van der Waals surface area contributed by atoms with Gasteiger partial charge in [0, 0.05) is 19.5 Å². The molecular weight excluding hydrogens is 705 g/mol. The molecule has 0 radical (unpaired) electrons. The van der Waals surface area contributed by atoms with Crippen molar-refractivity contribution in [1.29, 1.82) is 0 Å². The molecule has 2 aromatic rings. The van der Waals surface area contributed by atoms with Crippen molar-refractivity contribution >= 4 is 28.6 Å². The second kappa shape index (κ2) is 31.5. The zero-order valence-electron chi connectivity index (χ0n) is 39.4. The number of allylic oxidation sites excluding steroid dienone is 4. The number of aliphatic hydroxyl groups is 1. The van der Waals surface area contributed by atoms with E-state index < -0.39 is 0 Å². The maximum absolute atomic E-state index is 13.7. The van der Waals surface area contributed by atoms with Gasteiger partial charge in [-0.15, -0.1) is 0 Å². The fourth-order valence-corrected chi connectivity index (χ4v) is 6.32. The van der Waals surface area contributed by atoms with Crippen LogP contribution in [0, 0.1) is 18.8 Å². The predicted molar refractivity (Wildman–Crippen MR) is 250 cm³/mol. The largest absolute Gasteiger partial charge is 0.500 e. The lowest BCUT2D eigenvalue weighted by Gasteiger charge is -2.20. The van der Waals surface area contributed by atoms with Gasteiger partial charge >= 0.3 is 0 Å². The van der Waals surface area contributed by atoms with Gasteiger partial charge in [0.1, 0.15) is 18.9 Å². The van der Waals surface area contributed by atoms with Crippen LogP contribution in [0.5, 0.6) is 0 Å². The molecule has 7 heteroatoms. The van der Waals surface area contributed by atoms with E-state index >= 15 is 0 Å². The first-order chi connectivity index (χ1) is 27.2. The average Bonchev–Trinajstić information content (AvgIpc) is 3.88. The normalized spacial score (nSPS) is 14.7. The molecule has 1 saturated carbocycles. The summed E-state index contributed by atoms with van der Waals surface area (Å²) in [6.07, 6.45) is 22.4. The third-order valence-corrected chi connectivity index (χ3v) is 10.4. The molecule has 1 amide bonds. The molecule has 4 rings (SSSR count). The molecule has 1 aromatic carbocycles. The van der Waals surface area contributed by atoms with Crippen LogP contribution in [0.2, 0.25) is 0 Å². The standard InChI is InChI=1S/C30H40N4O3.C8H18.C5H10.C4H10.C3H8/c1-9-20(3)21(4)17-24(18-22(5)28-23(6)34(14-15-35)13-12-27(28)37-8)29(36)32-30-31-25-11-10-19(2)16-26(25)33(30)7;1-4-5-6-7-8(2)3;1-2-4-5-3-1;1-3-4-2;1-3-2/h10-11,16-18,20,35H,5,9,12-15H2,1-4,6-8H3;8H,4-7H2,1-3H3;1-5H2;3-4H2,1-2H3;3H2,1-2H3/p+1/b21-17-,24-18+;;;;. The minimum atomic E-state index is -0.251. The van der Waals surface area contributed by atoms with Gasteiger partial charge in [0.2, 0.25) is 5.95 Å². The molecule has 0 bridgehead atoms. The Morgan fingerprint density at radius 1 is 0.982 bits per heavy atom. The van der Waals surface area contributed by atoms with Crippen LogP contribution < -0.4 is 5.32 Å². The van der Waals surface area contributed by atoms with E-state index in [1.807, 2.05) is 49.7 Å². The molecule has 1 unspecified atom stereocenters. The van der Waals surface area contributed by atoms with Crippen LogP contribution in [0.25, 0.3) is 11.0 Å². The second-order valence-corrected chi connectivity index (χ2v) is 16.2. The number of aryl methyl sites for hydroxylation is 2. The number of β-amino-alcohol motifs (C(OH)–C–C–N with tert-alkyl or cyclic N) is 1. The van der Waals surface area contributed by atoms with Gasteiger partial charge in [0.25, 0.3) is 5.91 Å². The first-order valence-electron chi connectivity index (χ1n) is 22.5. The summed E-state index contributed by atoms with van der Waals surface area (Å²) in [5.41, 5.74) is 7.08. The average molecular weight is 792 g/mol. The summed E-state index contributed by atoms with van der Waals surface area (Å²) in [4.78, 5) is 18.3. The predicted octanol–water partition coefficient (Wildman–Crippen LogP) is 13.5. The van der Waals surface area contributed by atoms with Crippen molar-refractivity contribution in [3.63, 3.8) is 0 Å². The number of carbonyl (C=O) groups excluding carboxylic acids is 1. The minimum absolute atomic E-state index is 0.0668. The topological polar surface area (TPSA) is 79.4 Å². The number of rotatable bonds is 15. The monoisotopic (exact) mass is 792 g/mol. The van der Waals surface area contributed by atoms with Crippen LogP contribution in [-0.2, 0) is 16.6 Å². The number of imidazole rings is 1.